The third-order valence-corrected chi connectivity index (χ3v) is 2.36. The van der Waals surface area contributed by atoms with E-state index in [4.69, 9.17) is 0 Å². The topological polar surface area (TPSA) is 69.2 Å². The van der Waals surface area contributed by atoms with Gasteiger partial charge in [-0.2, -0.15) is 0 Å². The lowest BCUT2D eigenvalue weighted by Gasteiger charge is -2.10. The summed E-state index contributed by atoms with van der Waals surface area (Å²) in [6.45, 7) is 4.49. The summed E-state index contributed by atoms with van der Waals surface area (Å²) in [5.41, 5.74) is 0.116. The molecule has 0 fully saturated rings. The van der Waals surface area contributed by atoms with Crippen LogP contribution in [0.5, 0.6) is 5.88 Å². The molecule has 0 atom stereocenters. The minimum atomic E-state index is -0.240. The molecule has 0 spiro atoms. The molecule has 0 radical (unpaired) electrons. The van der Waals surface area contributed by atoms with E-state index in [9.17, 15) is 9.90 Å². The molecule has 0 saturated carbocycles. The lowest BCUT2D eigenvalue weighted by molar-refractivity contribution is 0.402. The quantitative estimate of drug-likeness (QED) is 0.791. The maximum Gasteiger partial charge on any atom is 0.258 e. The van der Waals surface area contributed by atoms with Gasteiger partial charge in [-0.15, -0.1) is 0 Å². The molecule has 1 aromatic rings. The number of H-pyrrole nitrogens is 1. The highest BCUT2D eigenvalue weighted by molar-refractivity contribution is 5.25. The number of hydrogen-bond donors (Lipinski definition) is 2. The summed E-state index contributed by atoms with van der Waals surface area (Å²) in [7, 11) is 3.89. The van der Waals surface area contributed by atoms with E-state index in [1.165, 1.54) is 0 Å². The first-order valence-electron chi connectivity index (χ1n) is 5.38. The molecule has 16 heavy (non-hydrogen) atoms. The summed E-state index contributed by atoms with van der Waals surface area (Å²) < 4.78 is 0. The smallest absolute Gasteiger partial charge is 0.258 e. The van der Waals surface area contributed by atoms with Gasteiger partial charge in [0.05, 0.1) is 5.56 Å². The van der Waals surface area contributed by atoms with Gasteiger partial charge in [0.2, 0.25) is 5.88 Å². The molecule has 1 rings (SSSR count). The average Bonchev–Trinajstić information content (AvgIpc) is 2.12. The number of aromatic amines is 1. The Kier molecular flexibility index (Phi) is 4.06. The summed E-state index contributed by atoms with van der Waals surface area (Å²) in [5, 5.41) is 9.66. The van der Waals surface area contributed by atoms with Gasteiger partial charge < -0.3 is 15.0 Å². The first kappa shape index (κ1) is 12.7. The Morgan fingerprint density at radius 2 is 2.06 bits per heavy atom. The Morgan fingerprint density at radius 1 is 1.44 bits per heavy atom. The van der Waals surface area contributed by atoms with Crippen molar-refractivity contribution in [2.75, 3.05) is 20.6 Å². The van der Waals surface area contributed by atoms with Crippen LogP contribution in [-0.4, -0.2) is 40.6 Å². The standard InChI is InChI=1S/C11H19N3O2/c1-7(2)9-10(15)12-8(13-11(9)16)5-6-14(3)4/h7H,5-6H2,1-4H3,(H2,12,13,15,16). The summed E-state index contributed by atoms with van der Waals surface area (Å²) in [6, 6.07) is 0. The summed E-state index contributed by atoms with van der Waals surface area (Å²) in [6.07, 6.45) is 0.619. The van der Waals surface area contributed by atoms with Crippen molar-refractivity contribution in [2.24, 2.45) is 0 Å². The molecule has 5 nitrogen and oxygen atoms in total. The Hall–Kier alpha value is -1.36. The van der Waals surface area contributed by atoms with Gasteiger partial charge in [0, 0.05) is 13.0 Å². The molecular weight excluding hydrogens is 206 g/mol. The molecular formula is C11H19N3O2. The second-order valence-corrected chi connectivity index (χ2v) is 4.46. The molecule has 0 aliphatic carbocycles. The fourth-order valence-corrected chi connectivity index (χ4v) is 1.48. The monoisotopic (exact) mass is 225 g/mol. The van der Waals surface area contributed by atoms with E-state index in [1.807, 2.05) is 32.8 Å². The molecule has 2 N–H and O–H groups in total. The fourth-order valence-electron chi connectivity index (χ4n) is 1.48. The van der Waals surface area contributed by atoms with Crippen molar-refractivity contribution in [1.29, 1.82) is 0 Å². The van der Waals surface area contributed by atoms with Gasteiger partial charge in [-0.3, -0.25) is 4.79 Å². The minimum absolute atomic E-state index is 0.0286. The van der Waals surface area contributed by atoms with Gasteiger partial charge in [-0.1, -0.05) is 13.8 Å². The van der Waals surface area contributed by atoms with Crippen LogP contribution in [0, 0.1) is 0 Å². The maximum absolute atomic E-state index is 11.7. The van der Waals surface area contributed by atoms with Crippen LogP contribution in [-0.2, 0) is 6.42 Å². The number of nitrogens with zero attached hydrogens (tertiary/aromatic N) is 2. The van der Waals surface area contributed by atoms with Crippen LogP contribution in [0.4, 0.5) is 0 Å². The Labute approximate surface area is 95.1 Å². The number of aromatic nitrogens is 2. The Balaban J connectivity index is 2.96. The van der Waals surface area contributed by atoms with Crippen molar-refractivity contribution in [2.45, 2.75) is 26.2 Å². The maximum atomic E-state index is 11.7. The van der Waals surface area contributed by atoms with Crippen LogP contribution in [0.25, 0.3) is 0 Å². The van der Waals surface area contributed by atoms with E-state index in [-0.39, 0.29) is 17.4 Å². The normalized spacial score (nSPS) is 11.4. The van der Waals surface area contributed by atoms with Crippen LogP contribution < -0.4 is 5.56 Å². The highest BCUT2D eigenvalue weighted by Gasteiger charge is 2.13. The van der Waals surface area contributed by atoms with Crippen molar-refractivity contribution in [3.63, 3.8) is 0 Å². The van der Waals surface area contributed by atoms with E-state index < -0.39 is 0 Å². The van der Waals surface area contributed by atoms with E-state index >= 15 is 0 Å². The van der Waals surface area contributed by atoms with Gasteiger partial charge in [-0.25, -0.2) is 4.98 Å². The number of rotatable bonds is 4. The van der Waals surface area contributed by atoms with Gasteiger partial charge in [0.15, 0.2) is 0 Å². The third-order valence-electron chi connectivity index (χ3n) is 2.36. The molecule has 90 valence electrons. The SMILES string of the molecule is CC(C)c1c(O)nc(CCN(C)C)[nH]c1=O. The largest absolute Gasteiger partial charge is 0.493 e. The van der Waals surface area contributed by atoms with Gasteiger partial charge in [-0.05, 0) is 20.0 Å². The minimum Gasteiger partial charge on any atom is -0.493 e. The van der Waals surface area contributed by atoms with Gasteiger partial charge >= 0.3 is 0 Å². The highest BCUT2D eigenvalue weighted by atomic mass is 16.3. The van der Waals surface area contributed by atoms with Crippen molar-refractivity contribution >= 4 is 0 Å². The summed E-state index contributed by atoms with van der Waals surface area (Å²) in [5.74, 6) is 0.354. The van der Waals surface area contributed by atoms with E-state index in [0.717, 1.165) is 6.54 Å². The van der Waals surface area contributed by atoms with Crippen LogP contribution in [0.3, 0.4) is 0 Å². The third kappa shape index (κ3) is 3.06. The van der Waals surface area contributed by atoms with Crippen LogP contribution >= 0.6 is 0 Å². The molecule has 0 amide bonds. The second-order valence-electron chi connectivity index (χ2n) is 4.46. The van der Waals surface area contributed by atoms with Gasteiger partial charge in [0.25, 0.3) is 5.56 Å². The molecule has 0 saturated heterocycles. The average molecular weight is 225 g/mol. The van der Waals surface area contributed by atoms with Crippen LogP contribution in [0.2, 0.25) is 0 Å². The lowest BCUT2D eigenvalue weighted by Crippen LogP contribution is -2.21. The zero-order valence-corrected chi connectivity index (χ0v) is 10.2. The number of likely N-dealkylation sites (N-methyl/N-ethyl adjacent to an activating group) is 1. The van der Waals surface area contributed by atoms with Crippen LogP contribution in [0.15, 0.2) is 4.79 Å². The molecule has 0 aliphatic heterocycles. The van der Waals surface area contributed by atoms with Crippen molar-refractivity contribution in [1.82, 2.24) is 14.9 Å². The van der Waals surface area contributed by atoms with E-state index in [2.05, 4.69) is 9.97 Å². The highest BCUT2D eigenvalue weighted by Crippen LogP contribution is 2.18. The molecule has 0 aromatic carbocycles. The molecule has 1 aromatic heterocycles. The first-order chi connectivity index (χ1) is 7.41. The second kappa shape index (κ2) is 5.12. The molecule has 0 unspecified atom stereocenters. The summed E-state index contributed by atoms with van der Waals surface area (Å²) in [4.78, 5) is 20.4. The number of nitrogens with one attached hydrogen (secondary N) is 1. The van der Waals surface area contributed by atoms with Crippen molar-refractivity contribution in [3.8, 4) is 5.88 Å². The fraction of sp³-hybridized carbons (Fsp3) is 0.636. The molecule has 0 aliphatic rings. The zero-order valence-electron chi connectivity index (χ0n) is 10.2. The molecule has 0 bridgehead atoms. The Morgan fingerprint density at radius 3 is 2.50 bits per heavy atom. The van der Waals surface area contributed by atoms with Crippen molar-refractivity contribution < 1.29 is 5.11 Å². The van der Waals surface area contributed by atoms with Crippen LogP contribution in [0.1, 0.15) is 31.2 Å². The van der Waals surface area contributed by atoms with Crippen molar-refractivity contribution in [3.05, 3.63) is 21.7 Å². The Bertz CT molecular complexity index is 410. The van der Waals surface area contributed by atoms with E-state index in [1.54, 1.807) is 0 Å². The zero-order chi connectivity index (χ0) is 12.3. The number of aromatic hydroxyl groups is 1. The predicted octanol–water partition coefficient (Wildman–Crippen LogP) is 0.703. The predicted molar refractivity (Wildman–Crippen MR) is 62.9 cm³/mol. The molecule has 1 heterocycles. The first-order valence-corrected chi connectivity index (χ1v) is 5.38. The van der Waals surface area contributed by atoms with Gasteiger partial charge in [0.1, 0.15) is 5.82 Å². The lowest BCUT2D eigenvalue weighted by atomic mass is 10.1. The molecule has 5 heteroatoms. The number of hydrogen-bond acceptors (Lipinski definition) is 4. The van der Waals surface area contributed by atoms with E-state index in [0.29, 0.717) is 17.8 Å². The summed E-state index contributed by atoms with van der Waals surface area (Å²) >= 11 is 0.